The first-order valence-electron chi connectivity index (χ1n) is 2.26. The largest absolute Gasteiger partial charge is 1.00 e. The van der Waals surface area contributed by atoms with Gasteiger partial charge < -0.3 is 4.79 Å². The molecule has 1 nitrogen and oxygen atoms in total. The van der Waals surface area contributed by atoms with Crippen molar-refractivity contribution in [3.63, 3.8) is 0 Å². The second kappa shape index (κ2) is 10.3. The van der Waals surface area contributed by atoms with Crippen molar-refractivity contribution < 1.29 is 56.2 Å². The van der Waals surface area contributed by atoms with Crippen LogP contribution in [0.15, 0.2) is 0 Å². The van der Waals surface area contributed by atoms with Crippen molar-refractivity contribution in [2.45, 2.75) is 26.2 Å². The molecule has 0 saturated heterocycles. The van der Waals surface area contributed by atoms with Gasteiger partial charge in [0.1, 0.15) is 0 Å². The normalized spacial score (nSPS) is 7.00. The molecule has 0 spiro atoms. The van der Waals surface area contributed by atoms with Gasteiger partial charge in [0, 0.05) is 0 Å². The third kappa shape index (κ3) is 11.1. The van der Waals surface area contributed by atoms with Crippen molar-refractivity contribution in [1.29, 1.82) is 0 Å². The van der Waals surface area contributed by atoms with Gasteiger partial charge in [0.25, 0.3) is 0 Å². The average Bonchev–Trinajstić information content (AvgIpc) is 1.61. The van der Waals surface area contributed by atoms with Gasteiger partial charge in [-0.05, 0) is 0 Å². The third-order valence-corrected chi connectivity index (χ3v) is 0.632. The Balaban J connectivity index is 0. The quantitative estimate of drug-likeness (QED) is 0.249. The summed E-state index contributed by atoms with van der Waals surface area (Å²) in [6.45, 7) is 2.05. The summed E-state index contributed by atoms with van der Waals surface area (Å²) in [4.78, 5) is 9.44. The summed E-state index contributed by atoms with van der Waals surface area (Å²) >= 11 is 0. The molecule has 0 aliphatic carbocycles. The van der Waals surface area contributed by atoms with Crippen molar-refractivity contribution >= 4 is 6.29 Å². The summed E-state index contributed by atoms with van der Waals surface area (Å²) in [5, 5.41) is 0. The van der Waals surface area contributed by atoms with E-state index in [2.05, 4.69) is 6.92 Å². The van der Waals surface area contributed by atoms with Crippen LogP contribution in [-0.4, -0.2) is 6.29 Å². The maximum atomic E-state index is 9.44. The molecule has 0 heterocycles. The van der Waals surface area contributed by atoms with Gasteiger partial charge in [-0.15, -0.1) is 0 Å². The molecule has 0 atom stereocenters. The standard InChI is InChI=1S/C5H9O.K/c1-2-3-4-5-6;/h2-4H2,1H3;/q-1;+1. The molecule has 0 aliphatic rings. The van der Waals surface area contributed by atoms with Crippen molar-refractivity contribution in [3.8, 4) is 0 Å². The maximum absolute atomic E-state index is 9.44. The molecule has 0 rings (SSSR count). The van der Waals surface area contributed by atoms with Crippen LogP contribution in [-0.2, 0) is 4.79 Å². The zero-order chi connectivity index (χ0) is 4.83. The second-order valence-corrected chi connectivity index (χ2v) is 1.25. The van der Waals surface area contributed by atoms with Crippen LogP contribution in [0.25, 0.3) is 0 Å². The van der Waals surface area contributed by atoms with Gasteiger partial charge in [-0.2, -0.15) is 6.42 Å². The SMILES string of the molecule is CCCC[C-]=O.[K+]. The molecule has 0 aromatic heterocycles. The van der Waals surface area contributed by atoms with Gasteiger partial charge in [0.2, 0.25) is 0 Å². The summed E-state index contributed by atoms with van der Waals surface area (Å²) < 4.78 is 0. The van der Waals surface area contributed by atoms with Crippen LogP contribution in [0.4, 0.5) is 0 Å². The summed E-state index contributed by atoms with van der Waals surface area (Å²) in [6, 6.07) is 0. The van der Waals surface area contributed by atoms with Crippen molar-refractivity contribution in [2.75, 3.05) is 0 Å². The molecule has 0 bridgehead atoms. The predicted octanol–water partition coefficient (Wildman–Crippen LogP) is -1.71. The van der Waals surface area contributed by atoms with E-state index in [1.54, 1.807) is 0 Å². The first-order valence-corrected chi connectivity index (χ1v) is 2.26. The van der Waals surface area contributed by atoms with E-state index in [0.717, 1.165) is 12.8 Å². The first kappa shape index (κ1) is 11.1. The summed E-state index contributed by atoms with van der Waals surface area (Å²) in [7, 11) is 0. The summed E-state index contributed by atoms with van der Waals surface area (Å²) in [6.07, 6.45) is 4.51. The Bertz CT molecular complexity index is 37.1. The number of unbranched alkanes of at least 4 members (excludes halogenated alkanes) is 2. The molecule has 0 aliphatic heterocycles. The zero-order valence-electron chi connectivity index (χ0n) is 5.03. The van der Waals surface area contributed by atoms with Crippen LogP contribution in [0.3, 0.4) is 0 Å². The summed E-state index contributed by atoms with van der Waals surface area (Å²) in [5.74, 6) is 0. The Kier molecular flexibility index (Phi) is 16.4. The Morgan fingerprint density at radius 2 is 2.14 bits per heavy atom. The van der Waals surface area contributed by atoms with Gasteiger partial charge in [-0.1, -0.05) is 19.8 Å². The molecule has 0 unspecified atom stereocenters. The van der Waals surface area contributed by atoms with Crippen LogP contribution in [0.1, 0.15) is 26.2 Å². The van der Waals surface area contributed by atoms with Crippen LogP contribution in [0.5, 0.6) is 0 Å². The molecule has 0 fully saturated rings. The van der Waals surface area contributed by atoms with E-state index in [9.17, 15) is 4.79 Å². The van der Waals surface area contributed by atoms with E-state index in [4.69, 9.17) is 0 Å². The van der Waals surface area contributed by atoms with Crippen molar-refractivity contribution in [1.82, 2.24) is 0 Å². The van der Waals surface area contributed by atoms with Crippen LogP contribution < -0.4 is 51.4 Å². The topological polar surface area (TPSA) is 17.1 Å². The second-order valence-electron chi connectivity index (χ2n) is 1.25. The van der Waals surface area contributed by atoms with E-state index < -0.39 is 0 Å². The minimum atomic E-state index is 0. The van der Waals surface area contributed by atoms with E-state index in [1.807, 2.05) is 6.29 Å². The smallest absolute Gasteiger partial charge is 0.542 e. The maximum Gasteiger partial charge on any atom is 1.00 e. The third-order valence-electron chi connectivity index (χ3n) is 0.632. The van der Waals surface area contributed by atoms with Gasteiger partial charge in [-0.3, -0.25) is 6.29 Å². The van der Waals surface area contributed by atoms with E-state index >= 15 is 0 Å². The molecule has 0 amide bonds. The number of carbonyl (C=O) groups excluding carboxylic acids is 1. The molecule has 0 saturated carbocycles. The fourth-order valence-corrected chi connectivity index (χ4v) is 0.249. The fourth-order valence-electron chi connectivity index (χ4n) is 0.249. The Morgan fingerprint density at radius 1 is 1.57 bits per heavy atom. The molecule has 2 heteroatoms. The van der Waals surface area contributed by atoms with Crippen molar-refractivity contribution in [3.05, 3.63) is 0 Å². The van der Waals surface area contributed by atoms with Crippen LogP contribution >= 0.6 is 0 Å². The minimum Gasteiger partial charge on any atom is -0.542 e. The summed E-state index contributed by atoms with van der Waals surface area (Å²) in [5.41, 5.74) is 0. The Morgan fingerprint density at radius 3 is 2.29 bits per heavy atom. The van der Waals surface area contributed by atoms with Gasteiger partial charge in [0.15, 0.2) is 0 Å². The minimum absolute atomic E-state index is 0. The molecular weight excluding hydrogens is 115 g/mol. The number of rotatable bonds is 3. The van der Waals surface area contributed by atoms with E-state index in [1.165, 1.54) is 0 Å². The first-order chi connectivity index (χ1) is 2.91. The molecule has 0 radical (unpaired) electrons. The van der Waals surface area contributed by atoms with Gasteiger partial charge in [0.05, 0.1) is 0 Å². The molecular formula is C5H9KO. The zero-order valence-corrected chi connectivity index (χ0v) is 8.15. The molecule has 0 aromatic rings. The Labute approximate surface area is 87.3 Å². The van der Waals surface area contributed by atoms with E-state index in [-0.39, 0.29) is 51.4 Å². The van der Waals surface area contributed by atoms with Gasteiger partial charge in [-0.25, -0.2) is 0 Å². The van der Waals surface area contributed by atoms with Crippen LogP contribution in [0.2, 0.25) is 0 Å². The molecule has 0 aromatic carbocycles. The van der Waals surface area contributed by atoms with Crippen LogP contribution in [0, 0.1) is 0 Å². The molecule has 0 N–H and O–H groups in total. The molecule has 7 heavy (non-hydrogen) atoms. The number of hydrogen-bond donors (Lipinski definition) is 0. The van der Waals surface area contributed by atoms with Gasteiger partial charge >= 0.3 is 51.4 Å². The van der Waals surface area contributed by atoms with E-state index in [0.29, 0.717) is 6.42 Å². The monoisotopic (exact) mass is 124 g/mol. The fraction of sp³-hybridized carbons (Fsp3) is 0.800. The average molecular weight is 124 g/mol. The van der Waals surface area contributed by atoms with Crippen molar-refractivity contribution in [2.24, 2.45) is 0 Å². The predicted molar refractivity (Wildman–Crippen MR) is 25.2 cm³/mol. The molecule has 36 valence electrons. The Hall–Kier alpha value is 1.31. The number of hydrogen-bond acceptors (Lipinski definition) is 1.